The van der Waals surface area contributed by atoms with E-state index in [-0.39, 0.29) is 33.8 Å². The van der Waals surface area contributed by atoms with Crippen molar-refractivity contribution in [2.45, 2.75) is 102 Å². The normalized spacial score (nSPS) is 38.7. The molecule has 6 unspecified atom stereocenters. The first-order valence-electron chi connectivity index (χ1n) is 10.8. The smallest absolute Gasteiger partial charge is 0.163 e. The fourth-order valence-corrected chi connectivity index (χ4v) is 6.16. The molecule has 0 aromatic heterocycles. The van der Waals surface area contributed by atoms with Crippen LogP contribution in [-0.2, 0) is 18.9 Å². The molecule has 0 amide bonds. The molecule has 2 aliphatic heterocycles. The van der Waals surface area contributed by atoms with Crippen molar-refractivity contribution in [2.24, 2.45) is 23.7 Å². The molecule has 1 saturated carbocycles. The van der Waals surface area contributed by atoms with Crippen LogP contribution in [0.1, 0.15) is 68.7 Å². The van der Waals surface area contributed by atoms with Crippen molar-refractivity contribution in [1.82, 2.24) is 0 Å². The maximum Gasteiger partial charge on any atom is 0.163 e. The van der Waals surface area contributed by atoms with Gasteiger partial charge in [-0.2, -0.15) is 0 Å². The molecule has 0 aromatic carbocycles. The average Bonchev–Trinajstić information content (AvgIpc) is 3.14. The van der Waals surface area contributed by atoms with Gasteiger partial charge in [0, 0.05) is 15.3 Å². The van der Waals surface area contributed by atoms with Gasteiger partial charge in [-0.15, -0.1) is 0 Å². The molecule has 6 heteroatoms. The number of alkyl halides is 1. The zero-order valence-corrected chi connectivity index (χ0v) is 21.3. The van der Waals surface area contributed by atoms with Gasteiger partial charge in [0.1, 0.15) is 0 Å². The third kappa shape index (κ3) is 5.41. The number of fused-ring (bicyclic) bond motifs is 1. The lowest BCUT2D eigenvalue weighted by atomic mass is 9.59. The van der Waals surface area contributed by atoms with Crippen LogP contribution in [0.15, 0.2) is 0 Å². The molecule has 2 saturated heterocycles. The molecule has 5 nitrogen and oxygen atoms in total. The highest BCUT2D eigenvalue weighted by Gasteiger charge is 2.62. The molecule has 0 aromatic rings. The van der Waals surface area contributed by atoms with Gasteiger partial charge in [0.2, 0.25) is 0 Å². The second-order valence-corrected chi connectivity index (χ2v) is 12.7. The molecular weight excluding hydrogens is 471 g/mol. The van der Waals surface area contributed by atoms with E-state index in [0.29, 0.717) is 25.0 Å². The Morgan fingerprint density at radius 2 is 1.50 bits per heavy atom. The predicted octanol–water partition coefficient (Wildman–Crippen LogP) is 4.78. The largest absolute Gasteiger partial charge is 0.390 e. The first kappa shape index (κ1) is 24.8. The first-order valence-corrected chi connectivity index (χ1v) is 11.9. The summed E-state index contributed by atoms with van der Waals surface area (Å²) in [5.74, 6) is 0.344. The lowest BCUT2D eigenvalue weighted by Gasteiger charge is -2.52. The molecule has 2 heterocycles. The number of halogens is 1. The van der Waals surface area contributed by atoms with E-state index in [0.717, 1.165) is 6.42 Å². The minimum Gasteiger partial charge on any atom is -0.390 e. The maximum atomic E-state index is 10.6. The first-order chi connectivity index (χ1) is 12.8. The Kier molecular flexibility index (Phi) is 7.93. The minimum atomic E-state index is -0.733. The number of hydrogen-bond donors (Lipinski definition) is 1. The molecule has 1 aliphatic carbocycles. The van der Waals surface area contributed by atoms with Gasteiger partial charge in [0.25, 0.3) is 0 Å². The van der Waals surface area contributed by atoms with Crippen LogP contribution < -0.4 is 0 Å². The Morgan fingerprint density at radius 3 is 1.96 bits per heavy atom. The maximum absolute atomic E-state index is 10.6. The summed E-state index contributed by atoms with van der Waals surface area (Å²) in [5, 5.41) is 10.6. The van der Waals surface area contributed by atoms with Crippen LogP contribution in [0.2, 0.25) is 0 Å². The third-order valence-corrected chi connectivity index (χ3v) is 6.85. The molecule has 0 bridgehead atoms. The standard InChI is InChI=1S/C20H35IO5.C2H6/c1-11-12(10-18(2,3)22)14(19(4,5)21)16-15(25-20(6,7)26-16)13(11)17-23-8-9-24-17;1-2/h11-17,22H,8-10H2,1-7H3;1-2H3. The van der Waals surface area contributed by atoms with Crippen molar-refractivity contribution in [3.05, 3.63) is 0 Å². The number of aliphatic hydroxyl groups is 1. The summed E-state index contributed by atoms with van der Waals surface area (Å²) in [6.07, 6.45) is 0.387. The molecule has 6 atom stereocenters. The van der Waals surface area contributed by atoms with Crippen LogP contribution in [-0.4, -0.2) is 51.6 Å². The predicted molar refractivity (Wildman–Crippen MR) is 120 cm³/mol. The van der Waals surface area contributed by atoms with Crippen LogP contribution in [0.4, 0.5) is 0 Å². The molecule has 0 radical (unpaired) electrons. The summed E-state index contributed by atoms with van der Waals surface area (Å²) in [5.41, 5.74) is -0.733. The fraction of sp³-hybridized carbons (Fsp3) is 1.00. The summed E-state index contributed by atoms with van der Waals surface area (Å²) >= 11 is 2.54. The van der Waals surface area contributed by atoms with Gasteiger partial charge in [0.05, 0.1) is 31.0 Å². The van der Waals surface area contributed by atoms with Gasteiger partial charge in [-0.05, 0) is 46.0 Å². The summed E-state index contributed by atoms with van der Waals surface area (Å²) in [6.45, 7) is 19.8. The lowest BCUT2D eigenvalue weighted by Crippen LogP contribution is -2.59. The zero-order valence-electron chi connectivity index (χ0n) is 19.1. The lowest BCUT2D eigenvalue weighted by molar-refractivity contribution is -0.186. The molecule has 3 aliphatic rings. The summed E-state index contributed by atoms with van der Waals surface area (Å²) in [6, 6.07) is 0. The van der Waals surface area contributed by atoms with Crippen molar-refractivity contribution < 1.29 is 24.1 Å². The van der Waals surface area contributed by atoms with Gasteiger partial charge in [0.15, 0.2) is 12.1 Å². The van der Waals surface area contributed by atoms with E-state index in [1.807, 2.05) is 41.5 Å². The summed E-state index contributed by atoms with van der Waals surface area (Å²) < 4.78 is 24.7. The van der Waals surface area contributed by atoms with Gasteiger partial charge < -0.3 is 24.1 Å². The molecule has 28 heavy (non-hydrogen) atoms. The average molecular weight is 512 g/mol. The van der Waals surface area contributed by atoms with Gasteiger partial charge in [-0.3, -0.25) is 0 Å². The second-order valence-electron chi connectivity index (χ2n) is 9.88. The van der Waals surface area contributed by atoms with Gasteiger partial charge >= 0.3 is 0 Å². The fourth-order valence-electron chi connectivity index (χ4n) is 5.34. The SMILES string of the molecule is CC.CC1C(CC(C)(C)O)C(C(C)(C)I)C2OC(C)(C)OC2C1C1OCCO1. The van der Waals surface area contributed by atoms with Crippen LogP contribution in [0.5, 0.6) is 0 Å². The van der Waals surface area contributed by atoms with E-state index in [4.69, 9.17) is 18.9 Å². The highest BCUT2D eigenvalue weighted by atomic mass is 127. The van der Waals surface area contributed by atoms with Crippen molar-refractivity contribution >= 4 is 22.6 Å². The number of ether oxygens (including phenoxy) is 4. The Bertz CT molecular complexity index is 504. The van der Waals surface area contributed by atoms with E-state index in [1.54, 1.807) is 0 Å². The Labute approximate surface area is 185 Å². The van der Waals surface area contributed by atoms with E-state index in [9.17, 15) is 5.11 Å². The van der Waals surface area contributed by atoms with E-state index in [2.05, 4.69) is 43.4 Å². The topological polar surface area (TPSA) is 57.2 Å². The third-order valence-electron chi connectivity index (χ3n) is 6.13. The Hall–Kier alpha value is 0.530. The van der Waals surface area contributed by atoms with Crippen LogP contribution >= 0.6 is 22.6 Å². The minimum absolute atomic E-state index is 0.0109. The molecule has 0 spiro atoms. The van der Waals surface area contributed by atoms with Crippen LogP contribution in [0.25, 0.3) is 0 Å². The van der Waals surface area contributed by atoms with E-state index < -0.39 is 11.4 Å². The second kappa shape index (κ2) is 8.95. The monoisotopic (exact) mass is 512 g/mol. The molecule has 1 N–H and O–H groups in total. The highest BCUT2D eigenvalue weighted by molar-refractivity contribution is 14.1. The highest BCUT2D eigenvalue weighted by Crippen LogP contribution is 2.56. The van der Waals surface area contributed by atoms with Crippen molar-refractivity contribution in [1.29, 1.82) is 0 Å². The number of rotatable bonds is 4. The van der Waals surface area contributed by atoms with Gasteiger partial charge in [-0.1, -0.05) is 57.2 Å². The van der Waals surface area contributed by atoms with E-state index in [1.165, 1.54) is 0 Å². The Morgan fingerprint density at radius 1 is 1.00 bits per heavy atom. The van der Waals surface area contributed by atoms with Crippen molar-refractivity contribution in [3.63, 3.8) is 0 Å². The summed E-state index contributed by atoms with van der Waals surface area (Å²) in [7, 11) is 0. The zero-order chi connectivity index (χ0) is 21.5. The number of hydrogen-bond acceptors (Lipinski definition) is 5. The van der Waals surface area contributed by atoms with Crippen LogP contribution in [0, 0.1) is 23.7 Å². The molecular formula is C22H41IO5. The molecule has 3 rings (SSSR count). The van der Waals surface area contributed by atoms with Crippen molar-refractivity contribution in [2.75, 3.05) is 13.2 Å². The van der Waals surface area contributed by atoms with Crippen molar-refractivity contribution in [3.8, 4) is 0 Å². The van der Waals surface area contributed by atoms with Crippen LogP contribution in [0.3, 0.4) is 0 Å². The quantitative estimate of drug-likeness (QED) is 0.434. The molecule has 166 valence electrons. The summed E-state index contributed by atoms with van der Waals surface area (Å²) in [4.78, 5) is 0. The Balaban J connectivity index is 0.00000136. The van der Waals surface area contributed by atoms with Gasteiger partial charge in [-0.25, -0.2) is 0 Å². The molecule has 3 fully saturated rings. The van der Waals surface area contributed by atoms with E-state index >= 15 is 0 Å².